The molecule has 3 N–H and O–H groups in total. The lowest BCUT2D eigenvalue weighted by molar-refractivity contribution is -0.122. The van der Waals surface area contributed by atoms with Gasteiger partial charge in [-0.05, 0) is 30.5 Å². The van der Waals surface area contributed by atoms with E-state index in [1.807, 2.05) is 30.0 Å². The molecule has 1 heterocycles. The lowest BCUT2D eigenvalue weighted by Crippen LogP contribution is -2.39. The molecular weight excluding hydrogens is 296 g/mol. The normalized spacial score (nSPS) is 24.4. The van der Waals surface area contributed by atoms with Crippen molar-refractivity contribution in [2.24, 2.45) is 5.73 Å². The Labute approximate surface area is 115 Å². The lowest BCUT2D eigenvalue weighted by atomic mass is 10.1. The molecule has 2 rings (SSSR count). The summed E-state index contributed by atoms with van der Waals surface area (Å²) in [5, 5.41) is 9.64. The van der Waals surface area contributed by atoms with Gasteiger partial charge < -0.3 is 10.8 Å². The van der Waals surface area contributed by atoms with Crippen LogP contribution >= 0.6 is 15.9 Å². The molecule has 1 amide bonds. The fourth-order valence-corrected chi connectivity index (χ4v) is 2.75. The molecular formula is C13H17BrN2O2. The molecule has 0 radical (unpaired) electrons. The van der Waals surface area contributed by atoms with E-state index >= 15 is 0 Å². The highest BCUT2D eigenvalue weighted by Gasteiger charge is 2.34. The van der Waals surface area contributed by atoms with E-state index in [0.29, 0.717) is 19.5 Å². The summed E-state index contributed by atoms with van der Waals surface area (Å²) in [4.78, 5) is 13.3. The molecule has 0 saturated carbocycles. The number of carbonyl (C=O) groups is 1. The molecule has 1 aromatic carbocycles. The molecule has 1 fully saturated rings. The van der Waals surface area contributed by atoms with E-state index in [-0.39, 0.29) is 11.9 Å². The number of aliphatic hydroxyl groups excluding tert-OH is 1. The fraction of sp³-hybridized carbons (Fsp3) is 0.462. The number of hydrogen-bond donors (Lipinski definition) is 2. The van der Waals surface area contributed by atoms with Gasteiger partial charge in [0.2, 0.25) is 5.91 Å². The summed E-state index contributed by atoms with van der Waals surface area (Å²) in [5.41, 5.74) is 7.63. The van der Waals surface area contributed by atoms with Crippen LogP contribution in [0.5, 0.6) is 0 Å². The SMILES string of the molecule is Cc1ccc(CN2C[C@H](O)C[C@H]2C(N)=O)cc1Br. The number of primary amides is 1. The zero-order valence-corrected chi connectivity index (χ0v) is 11.9. The largest absolute Gasteiger partial charge is 0.392 e. The van der Waals surface area contributed by atoms with Crippen molar-refractivity contribution in [2.45, 2.75) is 32.0 Å². The summed E-state index contributed by atoms with van der Waals surface area (Å²) >= 11 is 3.49. The van der Waals surface area contributed by atoms with E-state index in [1.165, 1.54) is 5.56 Å². The van der Waals surface area contributed by atoms with Crippen LogP contribution in [-0.2, 0) is 11.3 Å². The summed E-state index contributed by atoms with van der Waals surface area (Å²) in [6.45, 7) is 3.16. The predicted octanol–water partition coefficient (Wildman–Crippen LogP) is 1.18. The first-order valence-electron chi connectivity index (χ1n) is 5.94. The standard InChI is InChI=1S/C13H17BrN2O2/c1-8-2-3-9(4-11(8)14)6-16-7-10(17)5-12(16)13(15)18/h2-4,10,12,17H,5-7H2,1H3,(H2,15,18)/t10-,12+/m1/s1. The van der Waals surface area contributed by atoms with Gasteiger partial charge in [0.15, 0.2) is 0 Å². The molecule has 98 valence electrons. The van der Waals surface area contributed by atoms with Gasteiger partial charge in [0.1, 0.15) is 0 Å². The minimum atomic E-state index is -0.462. The van der Waals surface area contributed by atoms with Crippen molar-refractivity contribution in [3.8, 4) is 0 Å². The Bertz CT molecular complexity index is 464. The highest BCUT2D eigenvalue weighted by Crippen LogP contribution is 2.23. The third-order valence-corrected chi connectivity index (χ3v) is 4.19. The molecule has 18 heavy (non-hydrogen) atoms. The van der Waals surface area contributed by atoms with Gasteiger partial charge >= 0.3 is 0 Å². The topological polar surface area (TPSA) is 66.6 Å². The molecule has 2 atom stereocenters. The van der Waals surface area contributed by atoms with Gasteiger partial charge in [0, 0.05) is 17.6 Å². The first-order valence-corrected chi connectivity index (χ1v) is 6.73. The van der Waals surface area contributed by atoms with Crippen LogP contribution in [0, 0.1) is 6.92 Å². The Morgan fingerprint density at radius 2 is 2.33 bits per heavy atom. The molecule has 5 heteroatoms. The Morgan fingerprint density at radius 3 is 2.94 bits per heavy atom. The molecule has 0 spiro atoms. The van der Waals surface area contributed by atoms with Gasteiger partial charge in [-0.2, -0.15) is 0 Å². The number of carbonyl (C=O) groups excluding carboxylic acids is 1. The van der Waals surface area contributed by atoms with Crippen molar-refractivity contribution in [3.63, 3.8) is 0 Å². The number of nitrogens with two attached hydrogens (primary N) is 1. The van der Waals surface area contributed by atoms with Crippen LogP contribution in [0.25, 0.3) is 0 Å². The van der Waals surface area contributed by atoms with E-state index in [9.17, 15) is 9.90 Å². The molecule has 1 aliphatic heterocycles. The minimum absolute atomic E-state index is 0.361. The number of halogens is 1. The Balaban J connectivity index is 2.12. The smallest absolute Gasteiger partial charge is 0.234 e. The van der Waals surface area contributed by atoms with Crippen LogP contribution in [0.15, 0.2) is 22.7 Å². The lowest BCUT2D eigenvalue weighted by Gasteiger charge is -2.21. The number of β-amino-alcohol motifs (C(OH)–C–C–N with tert-alkyl or cyclic N) is 1. The third-order valence-electron chi connectivity index (χ3n) is 3.33. The van der Waals surface area contributed by atoms with Crippen molar-refractivity contribution in [2.75, 3.05) is 6.54 Å². The van der Waals surface area contributed by atoms with Gasteiger partial charge in [-0.15, -0.1) is 0 Å². The molecule has 1 aliphatic rings. The van der Waals surface area contributed by atoms with Crippen LogP contribution in [0.4, 0.5) is 0 Å². The van der Waals surface area contributed by atoms with Gasteiger partial charge in [-0.1, -0.05) is 28.1 Å². The van der Waals surface area contributed by atoms with Crippen LogP contribution < -0.4 is 5.73 Å². The molecule has 0 aromatic heterocycles. The first-order chi connectivity index (χ1) is 8.47. The summed E-state index contributed by atoms with van der Waals surface area (Å²) in [6, 6.07) is 5.74. The van der Waals surface area contributed by atoms with Gasteiger partial charge in [0.25, 0.3) is 0 Å². The Morgan fingerprint density at radius 1 is 1.61 bits per heavy atom. The molecule has 1 saturated heterocycles. The van der Waals surface area contributed by atoms with E-state index in [4.69, 9.17) is 5.73 Å². The maximum absolute atomic E-state index is 11.3. The van der Waals surface area contributed by atoms with Crippen molar-refractivity contribution in [1.29, 1.82) is 0 Å². The molecule has 1 aromatic rings. The van der Waals surface area contributed by atoms with Gasteiger partial charge in [0.05, 0.1) is 12.1 Å². The molecule has 4 nitrogen and oxygen atoms in total. The fourth-order valence-electron chi connectivity index (χ4n) is 2.32. The summed E-state index contributed by atoms with van der Waals surface area (Å²) in [6.07, 6.45) is -0.0288. The maximum Gasteiger partial charge on any atom is 0.234 e. The second-order valence-corrected chi connectivity index (χ2v) is 5.68. The zero-order chi connectivity index (χ0) is 13.3. The summed E-state index contributed by atoms with van der Waals surface area (Å²) < 4.78 is 1.05. The van der Waals surface area contributed by atoms with Crippen molar-refractivity contribution < 1.29 is 9.90 Å². The van der Waals surface area contributed by atoms with E-state index in [1.54, 1.807) is 0 Å². The number of aliphatic hydroxyl groups is 1. The van der Waals surface area contributed by atoms with Crippen molar-refractivity contribution in [1.82, 2.24) is 4.90 Å². The number of nitrogens with zero attached hydrogens (tertiary/aromatic N) is 1. The molecule has 0 unspecified atom stereocenters. The van der Waals surface area contributed by atoms with E-state index < -0.39 is 6.10 Å². The minimum Gasteiger partial charge on any atom is -0.392 e. The zero-order valence-electron chi connectivity index (χ0n) is 10.3. The number of rotatable bonds is 3. The van der Waals surface area contributed by atoms with Crippen LogP contribution in [0.2, 0.25) is 0 Å². The highest BCUT2D eigenvalue weighted by molar-refractivity contribution is 9.10. The van der Waals surface area contributed by atoms with Gasteiger partial charge in [-0.25, -0.2) is 0 Å². The van der Waals surface area contributed by atoms with Crippen LogP contribution in [0.1, 0.15) is 17.5 Å². The summed E-state index contributed by atoms with van der Waals surface area (Å²) in [5.74, 6) is -0.363. The van der Waals surface area contributed by atoms with Crippen molar-refractivity contribution >= 4 is 21.8 Å². The van der Waals surface area contributed by atoms with Crippen LogP contribution in [0.3, 0.4) is 0 Å². The van der Waals surface area contributed by atoms with E-state index in [2.05, 4.69) is 15.9 Å². The quantitative estimate of drug-likeness (QED) is 0.880. The average molecular weight is 313 g/mol. The number of hydrogen-bond acceptors (Lipinski definition) is 3. The number of benzene rings is 1. The summed E-state index contributed by atoms with van der Waals surface area (Å²) in [7, 11) is 0. The monoisotopic (exact) mass is 312 g/mol. The third kappa shape index (κ3) is 2.91. The van der Waals surface area contributed by atoms with Crippen LogP contribution in [-0.4, -0.2) is 34.6 Å². The second kappa shape index (κ2) is 5.38. The van der Waals surface area contributed by atoms with Crippen molar-refractivity contribution in [3.05, 3.63) is 33.8 Å². The van der Waals surface area contributed by atoms with E-state index in [0.717, 1.165) is 10.0 Å². The maximum atomic E-state index is 11.3. The average Bonchev–Trinajstić information content (AvgIpc) is 2.65. The number of aryl methyl sites for hydroxylation is 1. The molecule has 0 aliphatic carbocycles. The van der Waals surface area contributed by atoms with Gasteiger partial charge in [-0.3, -0.25) is 9.69 Å². The predicted molar refractivity (Wildman–Crippen MR) is 72.9 cm³/mol. The number of likely N-dealkylation sites (tertiary alicyclic amines) is 1. The second-order valence-electron chi connectivity index (χ2n) is 4.82. The highest BCUT2D eigenvalue weighted by atomic mass is 79.9. The molecule has 0 bridgehead atoms. The first kappa shape index (κ1) is 13.5. The number of amides is 1. The Kier molecular flexibility index (Phi) is 4.04. The Hall–Kier alpha value is -0.910.